The van der Waals surface area contributed by atoms with Gasteiger partial charge in [-0.2, -0.15) is 9.37 Å². The van der Waals surface area contributed by atoms with Crippen LogP contribution >= 0.6 is 0 Å². The standard InChI is InChI=1S/C26H29F2N5O4/c1-2-31-24-21(25(35)32(26(31)36)13-4-14-34)33(15-16-7-9-17(27)10-8-16)23(30-24)19-11-12-20(29-22(19)28)37-18-5-3-6-18/h7-12,18,26,34,36H,2-6,13-15H2,1H3. The first-order chi connectivity index (χ1) is 17.9. The van der Waals surface area contributed by atoms with Crippen LogP contribution in [0.2, 0.25) is 0 Å². The molecule has 2 N–H and O–H groups in total. The highest BCUT2D eigenvalue weighted by atomic mass is 19.1. The van der Waals surface area contributed by atoms with Crippen LogP contribution in [0.1, 0.15) is 48.7 Å². The number of aliphatic hydroxyl groups is 2. The molecule has 1 aliphatic heterocycles. The number of ether oxygens (including phenoxy) is 1. The quantitative estimate of drug-likeness (QED) is 0.424. The van der Waals surface area contributed by atoms with E-state index in [2.05, 4.69) is 9.97 Å². The maximum absolute atomic E-state index is 15.4. The molecule has 11 heteroatoms. The van der Waals surface area contributed by atoms with E-state index in [-0.39, 0.29) is 61.0 Å². The van der Waals surface area contributed by atoms with Crippen molar-refractivity contribution in [3.8, 4) is 17.3 Å². The van der Waals surface area contributed by atoms with Crippen molar-refractivity contribution in [2.24, 2.45) is 0 Å². The normalized spacial score (nSPS) is 17.6. The molecule has 1 saturated carbocycles. The summed E-state index contributed by atoms with van der Waals surface area (Å²) in [6.07, 6.45) is 1.90. The first-order valence-corrected chi connectivity index (χ1v) is 12.5. The number of hydrogen-bond acceptors (Lipinski definition) is 7. The summed E-state index contributed by atoms with van der Waals surface area (Å²) in [6.45, 7) is 2.19. The number of rotatable bonds is 9. The van der Waals surface area contributed by atoms with Gasteiger partial charge in [0.1, 0.15) is 17.7 Å². The Morgan fingerprint density at radius 2 is 1.84 bits per heavy atom. The Balaban J connectivity index is 1.62. The van der Waals surface area contributed by atoms with Gasteiger partial charge < -0.3 is 24.4 Å². The van der Waals surface area contributed by atoms with E-state index in [0.717, 1.165) is 19.3 Å². The largest absolute Gasteiger partial charge is 0.474 e. The van der Waals surface area contributed by atoms with Gasteiger partial charge in [0.25, 0.3) is 5.91 Å². The van der Waals surface area contributed by atoms with Gasteiger partial charge in [-0.1, -0.05) is 12.1 Å². The van der Waals surface area contributed by atoms with Gasteiger partial charge in [-0.3, -0.25) is 9.69 Å². The highest BCUT2D eigenvalue weighted by Gasteiger charge is 2.41. The Morgan fingerprint density at radius 1 is 1.08 bits per heavy atom. The number of aliphatic hydroxyl groups excluding tert-OH is 2. The zero-order chi connectivity index (χ0) is 26.1. The second-order valence-electron chi connectivity index (χ2n) is 9.19. The van der Waals surface area contributed by atoms with Crippen LogP contribution in [0.4, 0.5) is 14.6 Å². The molecule has 1 unspecified atom stereocenters. The molecule has 5 rings (SSSR count). The van der Waals surface area contributed by atoms with E-state index in [1.807, 2.05) is 0 Å². The van der Waals surface area contributed by atoms with Gasteiger partial charge in [-0.25, -0.2) is 9.37 Å². The zero-order valence-corrected chi connectivity index (χ0v) is 20.5. The third-order valence-corrected chi connectivity index (χ3v) is 6.80. The fourth-order valence-corrected chi connectivity index (χ4v) is 4.58. The maximum Gasteiger partial charge on any atom is 0.277 e. The van der Waals surface area contributed by atoms with E-state index < -0.39 is 24.0 Å². The van der Waals surface area contributed by atoms with Crippen molar-refractivity contribution in [1.29, 1.82) is 0 Å². The topological polar surface area (TPSA) is 104 Å². The Kier molecular flexibility index (Phi) is 7.07. The number of fused-ring (bicyclic) bond motifs is 1. The van der Waals surface area contributed by atoms with Crippen molar-refractivity contribution >= 4 is 11.7 Å². The molecule has 0 spiro atoms. The van der Waals surface area contributed by atoms with Gasteiger partial charge in [-0.05, 0) is 56.4 Å². The minimum atomic E-state index is -1.29. The number of nitrogens with zero attached hydrogens (tertiary/aromatic N) is 5. The van der Waals surface area contributed by atoms with Gasteiger partial charge in [0.05, 0.1) is 5.56 Å². The van der Waals surface area contributed by atoms with Crippen molar-refractivity contribution in [2.45, 2.75) is 51.6 Å². The number of carbonyl (C=O) groups excluding carboxylic acids is 1. The molecule has 37 heavy (non-hydrogen) atoms. The molecule has 2 aliphatic rings. The molecule has 3 aromatic rings. The van der Waals surface area contributed by atoms with Crippen molar-refractivity contribution in [1.82, 2.24) is 19.4 Å². The van der Waals surface area contributed by atoms with Crippen molar-refractivity contribution in [2.75, 3.05) is 24.6 Å². The van der Waals surface area contributed by atoms with Crippen LogP contribution in [0, 0.1) is 11.8 Å². The zero-order valence-electron chi connectivity index (χ0n) is 20.5. The first kappa shape index (κ1) is 25.1. The van der Waals surface area contributed by atoms with Gasteiger partial charge in [0.2, 0.25) is 18.2 Å². The molecule has 1 fully saturated rings. The van der Waals surface area contributed by atoms with Crippen LogP contribution in [-0.4, -0.2) is 67.7 Å². The first-order valence-electron chi connectivity index (χ1n) is 12.5. The van der Waals surface area contributed by atoms with Crippen molar-refractivity contribution in [3.63, 3.8) is 0 Å². The van der Waals surface area contributed by atoms with E-state index in [1.165, 1.54) is 28.0 Å². The van der Waals surface area contributed by atoms with Crippen molar-refractivity contribution in [3.05, 3.63) is 59.4 Å². The van der Waals surface area contributed by atoms with Crippen LogP contribution in [0.25, 0.3) is 11.4 Å². The summed E-state index contributed by atoms with van der Waals surface area (Å²) >= 11 is 0. The van der Waals surface area contributed by atoms with E-state index >= 15 is 4.39 Å². The fourth-order valence-electron chi connectivity index (χ4n) is 4.58. The predicted molar refractivity (Wildman–Crippen MR) is 131 cm³/mol. The summed E-state index contributed by atoms with van der Waals surface area (Å²) in [6, 6.07) is 8.88. The van der Waals surface area contributed by atoms with Gasteiger partial charge >= 0.3 is 0 Å². The summed E-state index contributed by atoms with van der Waals surface area (Å²) < 4.78 is 36.2. The summed E-state index contributed by atoms with van der Waals surface area (Å²) in [7, 11) is 0. The third kappa shape index (κ3) is 4.76. The number of aromatic nitrogens is 3. The molecule has 1 aromatic carbocycles. The highest BCUT2D eigenvalue weighted by molar-refractivity contribution is 6.00. The number of amides is 1. The lowest BCUT2D eigenvalue weighted by molar-refractivity contribution is -0.00104. The minimum absolute atomic E-state index is 0.0349. The molecule has 2 aromatic heterocycles. The molecule has 196 valence electrons. The lowest BCUT2D eigenvalue weighted by Crippen LogP contribution is -2.56. The van der Waals surface area contributed by atoms with E-state index in [4.69, 9.17) is 4.74 Å². The number of halogens is 2. The van der Waals surface area contributed by atoms with Crippen LogP contribution < -0.4 is 9.64 Å². The molecule has 1 atom stereocenters. The Labute approximate surface area is 212 Å². The molecule has 3 heterocycles. The van der Waals surface area contributed by atoms with Crippen molar-refractivity contribution < 1.29 is 28.5 Å². The van der Waals surface area contributed by atoms with E-state index in [9.17, 15) is 19.4 Å². The number of pyridine rings is 1. The van der Waals surface area contributed by atoms with Crippen LogP contribution in [-0.2, 0) is 6.54 Å². The number of hydrogen-bond donors (Lipinski definition) is 2. The molecule has 0 bridgehead atoms. The molecule has 1 amide bonds. The highest BCUT2D eigenvalue weighted by Crippen LogP contribution is 2.36. The number of carbonyl (C=O) groups is 1. The molecule has 9 nitrogen and oxygen atoms in total. The summed E-state index contributed by atoms with van der Waals surface area (Å²) in [5.74, 6) is -1.15. The Morgan fingerprint density at radius 3 is 2.46 bits per heavy atom. The SMILES string of the molecule is CCN1c2nc(-c3ccc(OC4CCC4)nc3F)n(Cc3ccc(F)cc3)c2C(=O)N(CCCO)C1O. The van der Waals surface area contributed by atoms with Gasteiger partial charge in [0.15, 0.2) is 11.5 Å². The van der Waals surface area contributed by atoms with E-state index in [1.54, 1.807) is 29.7 Å². The second kappa shape index (κ2) is 10.4. The molecule has 0 saturated heterocycles. The monoisotopic (exact) mass is 513 g/mol. The Bertz CT molecular complexity index is 1280. The Hall–Kier alpha value is -3.57. The van der Waals surface area contributed by atoms with Crippen LogP contribution in [0.5, 0.6) is 5.88 Å². The van der Waals surface area contributed by atoms with Crippen LogP contribution in [0.3, 0.4) is 0 Å². The number of benzene rings is 1. The second-order valence-corrected chi connectivity index (χ2v) is 9.19. The third-order valence-electron chi connectivity index (χ3n) is 6.80. The predicted octanol–water partition coefficient (Wildman–Crippen LogP) is 3.14. The lowest BCUT2D eigenvalue weighted by atomic mass is 9.96. The number of imidazole rings is 1. The molecular formula is C26H29F2N5O4. The summed E-state index contributed by atoms with van der Waals surface area (Å²) in [5.41, 5.74) is 0.904. The maximum atomic E-state index is 15.4. The summed E-state index contributed by atoms with van der Waals surface area (Å²) in [5, 5.41) is 20.2. The number of anilines is 1. The molecule has 1 aliphatic carbocycles. The molecular weight excluding hydrogens is 484 g/mol. The minimum Gasteiger partial charge on any atom is -0.474 e. The fraction of sp³-hybridized carbons (Fsp3) is 0.423. The van der Waals surface area contributed by atoms with E-state index in [0.29, 0.717) is 12.1 Å². The molecule has 0 radical (unpaired) electrons. The van der Waals surface area contributed by atoms with Crippen LogP contribution in [0.15, 0.2) is 36.4 Å². The smallest absolute Gasteiger partial charge is 0.277 e. The lowest BCUT2D eigenvalue weighted by Gasteiger charge is -2.40. The van der Waals surface area contributed by atoms with Gasteiger partial charge in [0, 0.05) is 32.3 Å². The average Bonchev–Trinajstić information content (AvgIpc) is 3.22. The average molecular weight is 514 g/mol. The van der Waals surface area contributed by atoms with Gasteiger partial charge in [-0.15, -0.1) is 0 Å². The summed E-state index contributed by atoms with van der Waals surface area (Å²) in [4.78, 5) is 25.0.